The molecule has 5 rings (SSSR count). The molecule has 0 unspecified atom stereocenters. The number of carbonyl (C=O) groups excluding carboxylic acids is 1. The van der Waals surface area contributed by atoms with Crippen LogP contribution in [0.2, 0.25) is 5.02 Å². The highest BCUT2D eigenvalue weighted by Crippen LogP contribution is 2.27. The molecule has 3 heterocycles. The average molecular weight is 469 g/mol. The summed E-state index contributed by atoms with van der Waals surface area (Å²) in [7, 11) is 0. The maximum Gasteiger partial charge on any atom is 0.228 e. The molecular formula is C24H22ClFN4OS. The molecule has 0 radical (unpaired) electrons. The van der Waals surface area contributed by atoms with Gasteiger partial charge in [-0.1, -0.05) is 17.7 Å². The summed E-state index contributed by atoms with van der Waals surface area (Å²) < 4.78 is 15.2. The zero-order valence-electron chi connectivity index (χ0n) is 17.6. The van der Waals surface area contributed by atoms with E-state index in [4.69, 9.17) is 11.6 Å². The number of nitrogens with zero attached hydrogens (tertiary/aromatic N) is 4. The van der Waals surface area contributed by atoms with E-state index in [0.717, 1.165) is 45.7 Å². The van der Waals surface area contributed by atoms with Crippen molar-refractivity contribution in [3.63, 3.8) is 0 Å². The molecule has 0 spiro atoms. The maximum absolute atomic E-state index is 13.2. The normalized spacial score (nSPS) is 14.3. The Morgan fingerprint density at radius 1 is 1.12 bits per heavy atom. The zero-order valence-corrected chi connectivity index (χ0v) is 19.2. The smallest absolute Gasteiger partial charge is 0.228 e. The highest BCUT2D eigenvalue weighted by atomic mass is 35.5. The van der Waals surface area contributed by atoms with Gasteiger partial charge in [0, 0.05) is 59.7 Å². The lowest BCUT2D eigenvalue weighted by molar-refractivity contribution is -0.130. The molecule has 2 aromatic heterocycles. The second kappa shape index (κ2) is 8.56. The summed E-state index contributed by atoms with van der Waals surface area (Å²) >= 11 is 7.68. The molecule has 1 amide bonds. The number of hydrogen-bond acceptors (Lipinski definition) is 4. The quantitative estimate of drug-likeness (QED) is 0.420. The van der Waals surface area contributed by atoms with Crippen molar-refractivity contribution in [2.45, 2.75) is 13.3 Å². The number of halogens is 2. The molecule has 32 heavy (non-hydrogen) atoms. The van der Waals surface area contributed by atoms with E-state index in [1.165, 1.54) is 29.0 Å². The maximum atomic E-state index is 13.2. The van der Waals surface area contributed by atoms with Crippen LogP contribution in [0.15, 0.2) is 54.0 Å². The van der Waals surface area contributed by atoms with Crippen LogP contribution in [-0.2, 0) is 11.2 Å². The highest BCUT2D eigenvalue weighted by Gasteiger charge is 2.23. The van der Waals surface area contributed by atoms with E-state index >= 15 is 0 Å². The number of thiazole rings is 1. The van der Waals surface area contributed by atoms with Gasteiger partial charge in [-0.2, -0.15) is 0 Å². The first-order chi connectivity index (χ1) is 15.5. The Hall–Kier alpha value is -2.90. The number of piperazine rings is 1. The summed E-state index contributed by atoms with van der Waals surface area (Å²) in [5.41, 5.74) is 4.87. The number of fused-ring (bicyclic) bond motifs is 1. The Labute approximate surface area is 194 Å². The molecule has 8 heteroatoms. The van der Waals surface area contributed by atoms with Gasteiger partial charge in [-0.05, 0) is 48.9 Å². The van der Waals surface area contributed by atoms with Gasteiger partial charge in [-0.25, -0.2) is 9.37 Å². The highest BCUT2D eigenvalue weighted by molar-refractivity contribution is 7.15. The van der Waals surface area contributed by atoms with Crippen molar-refractivity contribution in [2.24, 2.45) is 0 Å². The zero-order chi connectivity index (χ0) is 22.2. The number of aryl methyl sites for hydroxylation is 1. The second-order valence-corrected chi connectivity index (χ2v) is 9.26. The molecule has 1 aliphatic heterocycles. The fourth-order valence-electron chi connectivity index (χ4n) is 4.10. The minimum atomic E-state index is -0.272. The predicted octanol–water partition coefficient (Wildman–Crippen LogP) is 5.06. The largest absolute Gasteiger partial charge is 0.368 e. The predicted molar refractivity (Wildman–Crippen MR) is 127 cm³/mol. The van der Waals surface area contributed by atoms with Gasteiger partial charge < -0.3 is 9.80 Å². The number of amides is 1. The summed E-state index contributed by atoms with van der Waals surface area (Å²) in [6, 6.07) is 12.2. The number of aromatic nitrogens is 2. The van der Waals surface area contributed by atoms with E-state index in [1.807, 2.05) is 39.1 Å². The number of anilines is 1. The monoisotopic (exact) mass is 468 g/mol. The summed E-state index contributed by atoms with van der Waals surface area (Å²) in [4.78, 5) is 22.7. The van der Waals surface area contributed by atoms with Crippen LogP contribution in [0.3, 0.4) is 0 Å². The van der Waals surface area contributed by atoms with Gasteiger partial charge in [0.05, 0.1) is 12.1 Å². The molecular weight excluding hydrogens is 447 g/mol. The van der Waals surface area contributed by atoms with Crippen molar-refractivity contribution in [3.8, 4) is 11.3 Å². The lowest BCUT2D eigenvalue weighted by Gasteiger charge is -2.37. The SMILES string of the molecule is Cc1ccc(Cl)cc1N1CCN(C(=O)Cc2csc3nc(-c4ccc(F)cc4)cn23)CC1. The first-order valence-electron chi connectivity index (χ1n) is 10.5. The Morgan fingerprint density at radius 2 is 1.88 bits per heavy atom. The van der Waals surface area contributed by atoms with Gasteiger partial charge >= 0.3 is 0 Å². The summed E-state index contributed by atoms with van der Waals surface area (Å²) in [6.07, 6.45) is 2.25. The van der Waals surface area contributed by atoms with E-state index in [2.05, 4.69) is 16.8 Å². The standard InChI is InChI=1S/C24H22ClFN4OS/c1-16-2-5-18(25)12-22(16)28-8-10-29(11-9-28)23(31)13-20-15-32-24-27-21(14-30(20)24)17-3-6-19(26)7-4-17/h2-7,12,14-15H,8-11,13H2,1H3. The molecule has 0 aliphatic carbocycles. The van der Waals surface area contributed by atoms with Crippen molar-refractivity contribution in [1.29, 1.82) is 0 Å². The minimum absolute atomic E-state index is 0.115. The minimum Gasteiger partial charge on any atom is -0.368 e. The van der Waals surface area contributed by atoms with Crippen LogP contribution in [0.1, 0.15) is 11.3 Å². The number of rotatable bonds is 4. The average Bonchev–Trinajstić information content (AvgIpc) is 3.38. The van der Waals surface area contributed by atoms with E-state index < -0.39 is 0 Å². The first-order valence-corrected chi connectivity index (χ1v) is 11.7. The van der Waals surface area contributed by atoms with Crippen LogP contribution in [0.5, 0.6) is 0 Å². The van der Waals surface area contributed by atoms with Gasteiger partial charge in [0.1, 0.15) is 5.82 Å². The molecule has 1 aliphatic rings. The fraction of sp³-hybridized carbons (Fsp3) is 0.250. The molecule has 1 saturated heterocycles. The number of hydrogen-bond donors (Lipinski definition) is 0. The Morgan fingerprint density at radius 3 is 2.62 bits per heavy atom. The topological polar surface area (TPSA) is 40.8 Å². The van der Waals surface area contributed by atoms with Crippen LogP contribution >= 0.6 is 22.9 Å². The Kier molecular flexibility index (Phi) is 5.61. The van der Waals surface area contributed by atoms with Gasteiger partial charge in [0.15, 0.2) is 4.96 Å². The molecule has 0 atom stereocenters. The lowest BCUT2D eigenvalue weighted by atomic mass is 10.1. The molecule has 164 valence electrons. The van der Waals surface area contributed by atoms with Crippen molar-refractivity contribution in [1.82, 2.24) is 14.3 Å². The molecule has 0 N–H and O–H groups in total. The number of benzene rings is 2. The van der Waals surface area contributed by atoms with Crippen LogP contribution in [0, 0.1) is 12.7 Å². The summed E-state index contributed by atoms with van der Waals surface area (Å²) in [6.45, 7) is 5.01. The number of imidazole rings is 1. The Bertz CT molecular complexity index is 1280. The molecule has 2 aromatic carbocycles. The summed E-state index contributed by atoms with van der Waals surface area (Å²) in [5, 5.41) is 2.71. The van der Waals surface area contributed by atoms with Crippen molar-refractivity contribution in [2.75, 3.05) is 31.1 Å². The fourth-order valence-corrected chi connectivity index (χ4v) is 5.14. The van der Waals surface area contributed by atoms with Crippen molar-refractivity contribution >= 4 is 39.5 Å². The third-order valence-corrected chi connectivity index (χ3v) is 7.02. The van der Waals surface area contributed by atoms with Crippen LogP contribution in [-0.4, -0.2) is 46.4 Å². The summed E-state index contributed by atoms with van der Waals surface area (Å²) in [5.74, 6) is -0.157. The first kappa shape index (κ1) is 21.0. The third kappa shape index (κ3) is 4.10. The van der Waals surface area contributed by atoms with E-state index in [9.17, 15) is 9.18 Å². The molecule has 1 fully saturated rings. The van der Waals surface area contributed by atoms with Gasteiger partial charge in [-0.15, -0.1) is 11.3 Å². The van der Waals surface area contributed by atoms with E-state index in [1.54, 1.807) is 12.1 Å². The second-order valence-electron chi connectivity index (χ2n) is 7.99. The van der Waals surface area contributed by atoms with E-state index in [0.29, 0.717) is 19.5 Å². The molecule has 5 nitrogen and oxygen atoms in total. The lowest BCUT2D eigenvalue weighted by Crippen LogP contribution is -2.49. The van der Waals surface area contributed by atoms with Crippen molar-refractivity contribution < 1.29 is 9.18 Å². The van der Waals surface area contributed by atoms with Crippen LogP contribution in [0.25, 0.3) is 16.2 Å². The Balaban J connectivity index is 1.26. The van der Waals surface area contributed by atoms with Crippen molar-refractivity contribution in [3.05, 3.63) is 76.1 Å². The third-order valence-electron chi connectivity index (χ3n) is 5.90. The molecule has 0 bridgehead atoms. The van der Waals surface area contributed by atoms with Crippen LogP contribution in [0.4, 0.5) is 10.1 Å². The van der Waals surface area contributed by atoms with E-state index in [-0.39, 0.29) is 11.7 Å². The van der Waals surface area contributed by atoms with Crippen LogP contribution < -0.4 is 4.90 Å². The van der Waals surface area contributed by atoms with Gasteiger partial charge in [0.2, 0.25) is 5.91 Å². The van der Waals surface area contributed by atoms with Gasteiger partial charge in [-0.3, -0.25) is 9.20 Å². The van der Waals surface area contributed by atoms with Gasteiger partial charge in [0.25, 0.3) is 0 Å². The molecule has 0 saturated carbocycles. The number of carbonyl (C=O) groups is 1. The molecule has 4 aromatic rings.